The molecule has 19 heavy (non-hydrogen) atoms. The minimum Gasteiger partial charge on any atom is -0.295 e. The topological polar surface area (TPSA) is 29.0 Å². The van der Waals surface area contributed by atoms with Gasteiger partial charge in [0.15, 0.2) is 0 Å². The van der Waals surface area contributed by atoms with E-state index in [2.05, 4.69) is 9.97 Å². The highest BCUT2D eigenvalue weighted by molar-refractivity contribution is 5.13. The zero-order chi connectivity index (χ0) is 14.0. The first-order valence-corrected chi connectivity index (χ1v) is 6.19. The molecule has 1 saturated heterocycles. The summed E-state index contributed by atoms with van der Waals surface area (Å²) in [5.41, 5.74) is 0.654. The number of likely N-dealkylation sites (tertiary alicyclic amines) is 1. The van der Waals surface area contributed by atoms with Gasteiger partial charge in [0.1, 0.15) is 6.17 Å². The van der Waals surface area contributed by atoms with Gasteiger partial charge in [-0.2, -0.15) is 13.2 Å². The smallest absolute Gasteiger partial charge is 0.295 e. The standard InChI is InChI=1S/C12H15F4N3/c1-2-9-5-10(7-19-4-3-8(13)6-19)18-11(17-9)12(14,15)16/h5,8H,2-4,6-7H2,1H3. The lowest BCUT2D eigenvalue weighted by atomic mass is 10.2. The third-order valence-electron chi connectivity index (χ3n) is 3.05. The van der Waals surface area contributed by atoms with Gasteiger partial charge in [0.05, 0.1) is 5.69 Å². The molecule has 0 N–H and O–H groups in total. The summed E-state index contributed by atoms with van der Waals surface area (Å²) >= 11 is 0. The molecule has 7 heteroatoms. The van der Waals surface area contributed by atoms with E-state index in [0.717, 1.165) is 0 Å². The number of halogens is 4. The Labute approximate surface area is 108 Å². The van der Waals surface area contributed by atoms with Crippen molar-refractivity contribution in [2.75, 3.05) is 13.1 Å². The van der Waals surface area contributed by atoms with Crippen molar-refractivity contribution in [2.24, 2.45) is 0 Å². The molecule has 3 nitrogen and oxygen atoms in total. The van der Waals surface area contributed by atoms with Crippen molar-refractivity contribution in [1.29, 1.82) is 0 Å². The largest absolute Gasteiger partial charge is 0.451 e. The van der Waals surface area contributed by atoms with Gasteiger partial charge in [0, 0.05) is 25.3 Å². The average molecular weight is 277 g/mol. The molecule has 0 amide bonds. The lowest BCUT2D eigenvalue weighted by Crippen LogP contribution is -2.23. The van der Waals surface area contributed by atoms with Crippen LogP contribution in [0.3, 0.4) is 0 Å². The van der Waals surface area contributed by atoms with Crippen molar-refractivity contribution in [3.05, 3.63) is 23.3 Å². The van der Waals surface area contributed by atoms with Gasteiger partial charge in [-0.25, -0.2) is 14.4 Å². The molecule has 2 rings (SSSR count). The molecule has 0 radical (unpaired) electrons. The second-order valence-electron chi connectivity index (χ2n) is 4.65. The lowest BCUT2D eigenvalue weighted by molar-refractivity contribution is -0.145. The SMILES string of the molecule is CCc1cc(CN2CCC(F)C2)nc(C(F)(F)F)n1. The van der Waals surface area contributed by atoms with Crippen molar-refractivity contribution in [3.63, 3.8) is 0 Å². The summed E-state index contributed by atoms with van der Waals surface area (Å²) in [5, 5.41) is 0. The maximum absolute atomic E-state index is 13.0. The molecule has 0 saturated carbocycles. The van der Waals surface area contributed by atoms with E-state index in [1.165, 1.54) is 0 Å². The van der Waals surface area contributed by atoms with E-state index in [1.54, 1.807) is 17.9 Å². The number of hydrogen-bond donors (Lipinski definition) is 0. The average Bonchev–Trinajstić information content (AvgIpc) is 2.73. The van der Waals surface area contributed by atoms with Crippen molar-refractivity contribution in [1.82, 2.24) is 14.9 Å². The van der Waals surface area contributed by atoms with Crippen LogP contribution in [0.5, 0.6) is 0 Å². The molecule has 0 spiro atoms. The summed E-state index contributed by atoms with van der Waals surface area (Å²) in [5.74, 6) is -1.11. The van der Waals surface area contributed by atoms with E-state index in [9.17, 15) is 17.6 Å². The molecule has 0 aliphatic carbocycles. The second kappa shape index (κ2) is 5.40. The fourth-order valence-corrected chi connectivity index (χ4v) is 2.10. The summed E-state index contributed by atoms with van der Waals surface area (Å²) in [6.07, 6.45) is -4.61. The molecular formula is C12H15F4N3. The van der Waals surface area contributed by atoms with E-state index >= 15 is 0 Å². The first-order chi connectivity index (χ1) is 8.88. The molecule has 1 aromatic rings. The minimum atomic E-state index is -4.55. The molecule has 1 aliphatic heterocycles. The molecule has 1 aliphatic rings. The molecule has 2 heterocycles. The van der Waals surface area contributed by atoms with E-state index in [1.807, 2.05) is 0 Å². The van der Waals surface area contributed by atoms with Gasteiger partial charge in [0.25, 0.3) is 0 Å². The zero-order valence-electron chi connectivity index (χ0n) is 10.5. The first-order valence-electron chi connectivity index (χ1n) is 6.19. The minimum absolute atomic E-state index is 0.235. The van der Waals surface area contributed by atoms with Gasteiger partial charge in [0.2, 0.25) is 5.82 Å². The van der Waals surface area contributed by atoms with Crippen LogP contribution in [0, 0.1) is 0 Å². The summed E-state index contributed by atoms with van der Waals surface area (Å²) < 4.78 is 51.0. The van der Waals surface area contributed by atoms with Crippen LogP contribution in [0.25, 0.3) is 0 Å². The van der Waals surface area contributed by atoms with Gasteiger partial charge in [-0.3, -0.25) is 4.90 Å². The summed E-state index contributed by atoms with van der Waals surface area (Å²) in [6, 6.07) is 1.56. The maximum atomic E-state index is 13.0. The maximum Gasteiger partial charge on any atom is 0.451 e. The molecule has 1 unspecified atom stereocenters. The van der Waals surface area contributed by atoms with Crippen LogP contribution < -0.4 is 0 Å². The summed E-state index contributed by atoms with van der Waals surface area (Å²) in [4.78, 5) is 8.80. The van der Waals surface area contributed by atoms with Crippen LogP contribution in [0.1, 0.15) is 30.6 Å². The molecule has 0 aromatic carbocycles. The van der Waals surface area contributed by atoms with Crippen LogP contribution in [0.2, 0.25) is 0 Å². The van der Waals surface area contributed by atoms with Gasteiger partial charge in [-0.1, -0.05) is 6.92 Å². The summed E-state index contributed by atoms with van der Waals surface area (Å²) in [6.45, 7) is 2.78. The van der Waals surface area contributed by atoms with Crippen molar-refractivity contribution in [2.45, 2.75) is 38.7 Å². The van der Waals surface area contributed by atoms with E-state index in [0.29, 0.717) is 30.8 Å². The Kier molecular flexibility index (Phi) is 4.03. The highest BCUT2D eigenvalue weighted by Gasteiger charge is 2.35. The quantitative estimate of drug-likeness (QED) is 0.795. The monoisotopic (exact) mass is 277 g/mol. The molecule has 0 bridgehead atoms. The third-order valence-corrected chi connectivity index (χ3v) is 3.05. The highest BCUT2D eigenvalue weighted by Crippen LogP contribution is 2.27. The molecular weight excluding hydrogens is 262 g/mol. The molecule has 1 atom stereocenters. The fraction of sp³-hybridized carbons (Fsp3) is 0.667. The Hall–Kier alpha value is -1.24. The predicted octanol–water partition coefficient (Wildman–Crippen LogP) is 2.60. The van der Waals surface area contributed by atoms with E-state index in [4.69, 9.17) is 0 Å². The normalized spacial score (nSPS) is 21.0. The number of alkyl halides is 4. The van der Waals surface area contributed by atoms with E-state index < -0.39 is 18.2 Å². The van der Waals surface area contributed by atoms with Gasteiger partial charge in [-0.05, 0) is 18.9 Å². The second-order valence-corrected chi connectivity index (χ2v) is 4.65. The van der Waals surface area contributed by atoms with Gasteiger partial charge < -0.3 is 0 Å². The number of rotatable bonds is 3. The van der Waals surface area contributed by atoms with Gasteiger partial charge in [-0.15, -0.1) is 0 Å². The number of hydrogen-bond acceptors (Lipinski definition) is 3. The van der Waals surface area contributed by atoms with Crippen LogP contribution >= 0.6 is 0 Å². The summed E-state index contributed by atoms with van der Waals surface area (Å²) in [7, 11) is 0. The van der Waals surface area contributed by atoms with E-state index in [-0.39, 0.29) is 13.1 Å². The Morgan fingerprint density at radius 1 is 1.32 bits per heavy atom. The van der Waals surface area contributed by atoms with Gasteiger partial charge >= 0.3 is 6.18 Å². The Bertz CT molecular complexity index is 447. The Morgan fingerprint density at radius 3 is 2.53 bits per heavy atom. The lowest BCUT2D eigenvalue weighted by Gasteiger charge is -2.15. The fourth-order valence-electron chi connectivity index (χ4n) is 2.10. The van der Waals surface area contributed by atoms with Crippen LogP contribution in [-0.4, -0.2) is 34.1 Å². The number of nitrogens with zero attached hydrogens (tertiary/aromatic N) is 3. The molecule has 106 valence electrons. The van der Waals surface area contributed by atoms with Crippen molar-refractivity contribution < 1.29 is 17.6 Å². The zero-order valence-corrected chi connectivity index (χ0v) is 10.5. The highest BCUT2D eigenvalue weighted by atomic mass is 19.4. The number of aryl methyl sites for hydroxylation is 1. The van der Waals surface area contributed by atoms with Crippen LogP contribution in [0.15, 0.2) is 6.07 Å². The Balaban J connectivity index is 2.20. The van der Waals surface area contributed by atoms with Crippen LogP contribution in [-0.2, 0) is 19.1 Å². The Morgan fingerprint density at radius 2 is 2.00 bits per heavy atom. The van der Waals surface area contributed by atoms with Crippen molar-refractivity contribution >= 4 is 0 Å². The third kappa shape index (κ3) is 3.62. The van der Waals surface area contributed by atoms with Crippen LogP contribution in [0.4, 0.5) is 17.6 Å². The van der Waals surface area contributed by atoms with Crippen molar-refractivity contribution in [3.8, 4) is 0 Å². The molecule has 1 aromatic heterocycles. The number of aromatic nitrogens is 2. The predicted molar refractivity (Wildman–Crippen MR) is 61.2 cm³/mol. The first kappa shape index (κ1) is 14.2. The molecule has 1 fully saturated rings.